The van der Waals surface area contributed by atoms with Crippen LogP contribution in [0.25, 0.3) is 0 Å². The average Bonchev–Trinajstić information content (AvgIpc) is 2.25. The molecule has 0 amide bonds. The molecule has 7 nitrogen and oxygen atoms in total. The largest absolute Gasteiger partial charge is 0.478 e. The van der Waals surface area contributed by atoms with Crippen LogP contribution in [0.5, 0.6) is 0 Å². The van der Waals surface area contributed by atoms with Crippen LogP contribution in [-0.4, -0.2) is 35.7 Å². The van der Waals surface area contributed by atoms with Gasteiger partial charge in [0.15, 0.2) is 0 Å². The van der Waals surface area contributed by atoms with E-state index in [1.54, 1.807) is 0 Å². The van der Waals surface area contributed by atoms with Crippen molar-refractivity contribution < 1.29 is 23.4 Å². The number of aliphatic hydroxyl groups is 1. The molecule has 5 N–H and O–H groups in total. The molecule has 0 unspecified atom stereocenters. The molecule has 0 spiro atoms. The molecule has 118 valence electrons. The number of nitrogens with two attached hydrogens (primary N) is 1. The highest BCUT2D eigenvalue weighted by Gasteiger charge is 2.39. The Kier molecular flexibility index (Phi) is 4.38. The van der Waals surface area contributed by atoms with Crippen molar-refractivity contribution in [1.29, 1.82) is 0 Å². The van der Waals surface area contributed by atoms with Crippen molar-refractivity contribution in [3.63, 3.8) is 0 Å². The van der Waals surface area contributed by atoms with Gasteiger partial charge in [-0.05, 0) is 45.9 Å². The van der Waals surface area contributed by atoms with Crippen LogP contribution in [0.15, 0.2) is 23.1 Å². The molecule has 0 aliphatic rings. The number of sulfonamides is 1. The topological polar surface area (TPSA) is 130 Å². The van der Waals surface area contributed by atoms with E-state index in [1.807, 2.05) is 0 Å². The number of nitrogen functional groups attached to an aromatic ring is 1. The van der Waals surface area contributed by atoms with E-state index in [0.29, 0.717) is 0 Å². The fourth-order valence-electron chi connectivity index (χ4n) is 1.45. The van der Waals surface area contributed by atoms with Gasteiger partial charge in [-0.1, -0.05) is 0 Å². The first-order valence-corrected chi connectivity index (χ1v) is 7.65. The molecule has 0 saturated heterocycles. The number of rotatable bonds is 5. The summed E-state index contributed by atoms with van der Waals surface area (Å²) in [6.07, 6.45) is 0. The second kappa shape index (κ2) is 5.28. The molecule has 1 rings (SSSR count). The van der Waals surface area contributed by atoms with E-state index in [-0.39, 0.29) is 11.3 Å². The first-order valence-electron chi connectivity index (χ1n) is 6.17. The summed E-state index contributed by atoms with van der Waals surface area (Å²) in [5, 5.41) is 19.1. The second-order valence-electron chi connectivity index (χ2n) is 5.85. The van der Waals surface area contributed by atoms with Crippen molar-refractivity contribution in [2.24, 2.45) is 0 Å². The van der Waals surface area contributed by atoms with E-state index >= 15 is 0 Å². The lowest BCUT2D eigenvalue weighted by atomic mass is 9.87. The van der Waals surface area contributed by atoms with Gasteiger partial charge in [-0.25, -0.2) is 17.9 Å². The average molecular weight is 316 g/mol. The Labute approximate surface area is 123 Å². The molecule has 0 aliphatic carbocycles. The van der Waals surface area contributed by atoms with Gasteiger partial charge in [0.25, 0.3) is 0 Å². The van der Waals surface area contributed by atoms with Gasteiger partial charge in [0.1, 0.15) is 0 Å². The van der Waals surface area contributed by atoms with Crippen LogP contribution < -0.4 is 10.5 Å². The van der Waals surface area contributed by atoms with Crippen LogP contribution in [0.2, 0.25) is 0 Å². The Hall–Kier alpha value is -1.64. The van der Waals surface area contributed by atoms with Gasteiger partial charge in [-0.2, -0.15) is 0 Å². The smallest absolute Gasteiger partial charge is 0.337 e. The SMILES string of the molecule is CC(C)(O)C(C)(C)NS(=O)(=O)c1cc(N)ccc1C(=O)O. The Balaban J connectivity index is 3.39. The van der Waals surface area contributed by atoms with E-state index in [9.17, 15) is 18.3 Å². The van der Waals surface area contributed by atoms with E-state index in [1.165, 1.54) is 33.8 Å². The summed E-state index contributed by atoms with van der Waals surface area (Å²) in [5.41, 5.74) is 2.71. The number of nitrogens with one attached hydrogen (secondary N) is 1. The van der Waals surface area contributed by atoms with E-state index < -0.39 is 32.0 Å². The molecule has 0 saturated carbocycles. The van der Waals surface area contributed by atoms with Gasteiger partial charge in [-0.3, -0.25) is 0 Å². The Morgan fingerprint density at radius 1 is 1.24 bits per heavy atom. The highest BCUT2D eigenvalue weighted by molar-refractivity contribution is 7.89. The molecule has 0 aliphatic heterocycles. The van der Waals surface area contributed by atoms with Gasteiger partial charge in [0.05, 0.1) is 21.6 Å². The molecule has 0 atom stereocenters. The molecular formula is C13H20N2O5S. The Morgan fingerprint density at radius 3 is 2.19 bits per heavy atom. The third-order valence-electron chi connectivity index (χ3n) is 3.44. The highest BCUT2D eigenvalue weighted by Crippen LogP contribution is 2.26. The maximum absolute atomic E-state index is 12.4. The van der Waals surface area contributed by atoms with Crippen LogP contribution in [0.1, 0.15) is 38.1 Å². The van der Waals surface area contributed by atoms with Crippen molar-refractivity contribution in [3.05, 3.63) is 23.8 Å². The maximum atomic E-state index is 12.4. The van der Waals surface area contributed by atoms with E-state index in [2.05, 4.69) is 4.72 Å². The summed E-state index contributed by atoms with van der Waals surface area (Å²) in [7, 11) is -4.17. The molecule has 0 aromatic heterocycles. The van der Waals surface area contributed by atoms with E-state index in [0.717, 1.165) is 12.1 Å². The third kappa shape index (κ3) is 3.72. The zero-order valence-corrected chi connectivity index (χ0v) is 13.2. The summed E-state index contributed by atoms with van der Waals surface area (Å²) in [6, 6.07) is 3.51. The predicted octanol–water partition coefficient (Wildman–Crippen LogP) is 0.795. The minimum atomic E-state index is -4.17. The predicted molar refractivity (Wildman–Crippen MR) is 78.5 cm³/mol. The fourth-order valence-corrected chi connectivity index (χ4v) is 3.22. The Morgan fingerprint density at radius 2 is 1.76 bits per heavy atom. The number of benzene rings is 1. The van der Waals surface area contributed by atoms with Crippen molar-refractivity contribution in [3.8, 4) is 0 Å². The van der Waals surface area contributed by atoms with Crippen molar-refractivity contribution in [1.82, 2.24) is 4.72 Å². The first kappa shape index (κ1) is 17.4. The summed E-state index contributed by atoms with van der Waals surface area (Å²) in [5.74, 6) is -1.38. The van der Waals surface area contributed by atoms with Gasteiger partial charge in [-0.15, -0.1) is 0 Å². The molecule has 0 bridgehead atoms. The first-order chi connectivity index (χ1) is 9.28. The Bertz CT molecular complexity index is 660. The van der Waals surface area contributed by atoms with E-state index in [4.69, 9.17) is 10.8 Å². The molecule has 8 heteroatoms. The zero-order chi connectivity index (χ0) is 16.6. The lowest BCUT2D eigenvalue weighted by molar-refractivity contribution is 0.00638. The summed E-state index contributed by atoms with van der Waals surface area (Å²) in [6.45, 7) is 5.90. The molecule has 0 radical (unpaired) electrons. The van der Waals surface area contributed by atoms with Gasteiger partial charge < -0.3 is 15.9 Å². The van der Waals surface area contributed by atoms with Crippen LogP contribution in [0, 0.1) is 0 Å². The highest BCUT2D eigenvalue weighted by atomic mass is 32.2. The lowest BCUT2D eigenvalue weighted by Gasteiger charge is -2.37. The van der Waals surface area contributed by atoms with Crippen molar-refractivity contribution >= 4 is 21.7 Å². The molecule has 0 fully saturated rings. The number of carboxylic acid groups (broad SMARTS) is 1. The normalized spacial score (nSPS) is 13.2. The van der Waals surface area contributed by atoms with Crippen molar-refractivity contribution in [2.45, 2.75) is 43.7 Å². The van der Waals surface area contributed by atoms with Crippen LogP contribution in [-0.2, 0) is 10.0 Å². The number of hydrogen-bond acceptors (Lipinski definition) is 5. The van der Waals surface area contributed by atoms with Crippen LogP contribution >= 0.6 is 0 Å². The second-order valence-corrected chi connectivity index (χ2v) is 7.50. The molecule has 0 heterocycles. The summed E-state index contributed by atoms with van der Waals surface area (Å²) >= 11 is 0. The molecular weight excluding hydrogens is 296 g/mol. The zero-order valence-electron chi connectivity index (χ0n) is 12.3. The minimum absolute atomic E-state index is 0.126. The number of anilines is 1. The summed E-state index contributed by atoms with van der Waals surface area (Å²) in [4.78, 5) is 10.7. The lowest BCUT2D eigenvalue weighted by Crippen LogP contribution is -2.57. The standard InChI is InChI=1S/C13H20N2O5S/c1-12(2,13(3,4)18)15-21(19,20)10-7-8(14)5-6-9(10)11(16)17/h5-7,15,18H,14H2,1-4H3,(H,16,17). The quantitative estimate of drug-likeness (QED) is 0.594. The fraction of sp³-hybridized carbons (Fsp3) is 0.462. The minimum Gasteiger partial charge on any atom is -0.478 e. The van der Waals surface area contributed by atoms with Gasteiger partial charge in [0, 0.05) is 5.69 Å². The van der Waals surface area contributed by atoms with Crippen LogP contribution in [0.3, 0.4) is 0 Å². The number of carboxylic acids is 1. The van der Waals surface area contributed by atoms with Crippen LogP contribution in [0.4, 0.5) is 5.69 Å². The number of carbonyl (C=O) groups is 1. The summed E-state index contributed by atoms with van der Waals surface area (Å²) < 4.78 is 27.2. The number of hydrogen-bond donors (Lipinski definition) is 4. The van der Waals surface area contributed by atoms with Crippen molar-refractivity contribution in [2.75, 3.05) is 5.73 Å². The van der Waals surface area contributed by atoms with Gasteiger partial charge in [0.2, 0.25) is 10.0 Å². The third-order valence-corrected chi connectivity index (χ3v) is 5.14. The maximum Gasteiger partial charge on any atom is 0.337 e. The molecule has 1 aromatic carbocycles. The monoisotopic (exact) mass is 316 g/mol. The molecule has 1 aromatic rings. The molecule has 21 heavy (non-hydrogen) atoms. The number of aromatic carboxylic acids is 1. The van der Waals surface area contributed by atoms with Gasteiger partial charge >= 0.3 is 5.97 Å².